The zero-order valence-electron chi connectivity index (χ0n) is 17.8. The number of nitrogens with one attached hydrogen (secondary N) is 1. The number of carbonyl (C=O) groups is 1. The molecular formula is C19H21F5N6O3S. The lowest BCUT2D eigenvalue weighted by molar-refractivity contribution is -0.192. The number of carboxylic acid groups (broad SMARTS) is 1. The Morgan fingerprint density at radius 1 is 1.29 bits per heavy atom. The van der Waals surface area contributed by atoms with E-state index < -0.39 is 23.9 Å². The van der Waals surface area contributed by atoms with Crippen molar-refractivity contribution in [1.29, 1.82) is 0 Å². The molecule has 4 N–H and O–H groups in total. The molecule has 3 rings (SSSR count). The quantitative estimate of drug-likeness (QED) is 0.401. The monoisotopic (exact) mass is 508 g/mol. The second-order valence-corrected chi connectivity index (χ2v) is 7.91. The van der Waals surface area contributed by atoms with Crippen molar-refractivity contribution in [2.45, 2.75) is 39.0 Å². The summed E-state index contributed by atoms with van der Waals surface area (Å²) in [7, 11) is 0. The van der Waals surface area contributed by atoms with E-state index in [-0.39, 0.29) is 24.4 Å². The summed E-state index contributed by atoms with van der Waals surface area (Å²) >= 11 is 1.62. The molecule has 0 amide bonds. The Balaban J connectivity index is 0.000000509. The van der Waals surface area contributed by atoms with Crippen LogP contribution in [0.3, 0.4) is 0 Å². The molecule has 0 aliphatic carbocycles. The molecule has 34 heavy (non-hydrogen) atoms. The van der Waals surface area contributed by atoms with Gasteiger partial charge in [0, 0.05) is 53.1 Å². The van der Waals surface area contributed by atoms with Gasteiger partial charge >= 0.3 is 17.8 Å². The molecule has 0 spiro atoms. The highest BCUT2D eigenvalue weighted by Gasteiger charge is 2.38. The average molecular weight is 508 g/mol. The number of halogens is 5. The first-order chi connectivity index (χ1) is 16.0. The van der Waals surface area contributed by atoms with Crippen LogP contribution in [0.5, 0.6) is 0 Å². The predicted octanol–water partition coefficient (Wildman–Crippen LogP) is 3.04. The second-order valence-electron chi connectivity index (χ2n) is 6.75. The molecule has 3 heterocycles. The van der Waals surface area contributed by atoms with Crippen molar-refractivity contribution < 1.29 is 31.9 Å². The van der Waals surface area contributed by atoms with Gasteiger partial charge in [-0.3, -0.25) is 9.25 Å². The van der Waals surface area contributed by atoms with E-state index in [9.17, 15) is 26.7 Å². The Bertz CT molecular complexity index is 1190. The van der Waals surface area contributed by atoms with Crippen LogP contribution in [0.2, 0.25) is 0 Å². The van der Waals surface area contributed by atoms with Crippen LogP contribution in [0.1, 0.15) is 17.6 Å². The van der Waals surface area contributed by atoms with Crippen molar-refractivity contribution >= 4 is 17.3 Å². The van der Waals surface area contributed by atoms with Crippen LogP contribution in [-0.2, 0) is 30.7 Å². The highest BCUT2D eigenvalue weighted by molar-refractivity contribution is 7.15. The third-order valence-corrected chi connectivity index (χ3v) is 5.64. The molecule has 0 unspecified atom stereocenters. The molecule has 0 saturated heterocycles. The number of nitrogens with zero attached hydrogens (tertiary/aromatic N) is 4. The van der Waals surface area contributed by atoms with E-state index in [1.165, 1.54) is 4.57 Å². The highest BCUT2D eigenvalue weighted by atomic mass is 32.1. The fourth-order valence-corrected chi connectivity index (χ4v) is 3.65. The maximum absolute atomic E-state index is 12.8. The minimum absolute atomic E-state index is 0.149. The minimum Gasteiger partial charge on any atom is -0.475 e. The third kappa shape index (κ3) is 7.34. The summed E-state index contributed by atoms with van der Waals surface area (Å²) in [5.74, 6) is -2.50. The molecule has 0 radical (unpaired) electrons. The third-order valence-electron chi connectivity index (χ3n) is 4.45. The van der Waals surface area contributed by atoms with Crippen LogP contribution in [0.4, 0.5) is 22.0 Å². The molecule has 186 valence electrons. The number of aromatic nitrogens is 5. The van der Waals surface area contributed by atoms with E-state index in [0.717, 1.165) is 21.9 Å². The molecule has 3 aromatic rings. The van der Waals surface area contributed by atoms with Crippen LogP contribution in [0.25, 0.3) is 10.4 Å². The van der Waals surface area contributed by atoms with E-state index in [4.69, 9.17) is 15.6 Å². The number of alkyl halides is 3. The molecule has 0 bridgehead atoms. The molecule has 0 aliphatic rings. The van der Waals surface area contributed by atoms with Gasteiger partial charge in [-0.15, -0.1) is 11.3 Å². The van der Waals surface area contributed by atoms with Gasteiger partial charge < -0.3 is 10.8 Å². The van der Waals surface area contributed by atoms with Crippen molar-refractivity contribution in [3.63, 3.8) is 0 Å². The Morgan fingerprint density at radius 3 is 2.50 bits per heavy atom. The van der Waals surface area contributed by atoms with Gasteiger partial charge in [-0.2, -0.15) is 32.1 Å². The van der Waals surface area contributed by atoms with Gasteiger partial charge in [0.1, 0.15) is 5.82 Å². The fraction of sp³-hybridized carbons (Fsp3) is 0.368. The van der Waals surface area contributed by atoms with Gasteiger partial charge in [0.25, 0.3) is 6.08 Å². The van der Waals surface area contributed by atoms with Crippen LogP contribution < -0.4 is 11.4 Å². The van der Waals surface area contributed by atoms with Gasteiger partial charge in [-0.1, -0.05) is 0 Å². The number of thiophene rings is 1. The molecule has 0 atom stereocenters. The van der Waals surface area contributed by atoms with Crippen molar-refractivity contribution in [3.05, 3.63) is 57.4 Å². The molecule has 15 heteroatoms. The summed E-state index contributed by atoms with van der Waals surface area (Å²) < 4.78 is 60.6. The zero-order valence-corrected chi connectivity index (χ0v) is 18.6. The topological polar surface area (TPSA) is 132 Å². The summed E-state index contributed by atoms with van der Waals surface area (Å²) in [6.45, 7) is 2.91. The highest BCUT2D eigenvalue weighted by Crippen LogP contribution is 2.28. The Morgan fingerprint density at radius 2 is 1.97 bits per heavy atom. The molecule has 9 nitrogen and oxygen atoms in total. The molecule has 0 saturated carbocycles. The molecular weight excluding hydrogens is 487 g/mol. The summed E-state index contributed by atoms with van der Waals surface area (Å²) in [5, 5.41) is 17.6. The van der Waals surface area contributed by atoms with E-state index in [2.05, 4.69) is 15.3 Å². The standard InChI is InChI=1S/C17H20F2N6OS.C2HF3O2/c1-2-24-10-12(9-21-24)14-4-3-13(27-14)5-6-25-15(22-23-17(25)26)7-11(8-20)16(18)19;3-2(4,5)1(6)7/h3-4,9-10H,2,5-8,20H2,1H3,(H,23,26);(H,6,7). The van der Waals surface area contributed by atoms with Gasteiger partial charge in [0.2, 0.25) is 0 Å². The van der Waals surface area contributed by atoms with E-state index >= 15 is 0 Å². The van der Waals surface area contributed by atoms with E-state index in [1.807, 2.05) is 36.1 Å². The molecule has 0 aliphatic heterocycles. The van der Waals surface area contributed by atoms with Crippen LogP contribution in [0, 0.1) is 0 Å². The number of carboxylic acids is 1. The predicted molar refractivity (Wildman–Crippen MR) is 113 cm³/mol. The van der Waals surface area contributed by atoms with Crippen LogP contribution in [-0.4, -0.2) is 48.3 Å². The number of hydrogen-bond donors (Lipinski definition) is 3. The summed E-state index contributed by atoms with van der Waals surface area (Å²) in [6, 6.07) is 4.02. The lowest BCUT2D eigenvalue weighted by Gasteiger charge is -2.06. The first kappa shape index (κ1) is 26.9. The number of rotatable bonds is 8. The lowest BCUT2D eigenvalue weighted by Crippen LogP contribution is -2.21. The largest absolute Gasteiger partial charge is 0.490 e. The molecule has 0 fully saturated rings. The lowest BCUT2D eigenvalue weighted by atomic mass is 10.2. The number of H-pyrrole nitrogens is 1. The van der Waals surface area contributed by atoms with E-state index in [0.29, 0.717) is 13.0 Å². The number of aliphatic carboxylic acids is 1. The maximum Gasteiger partial charge on any atom is 0.490 e. The molecule has 0 aromatic carbocycles. The Kier molecular flexibility index (Phi) is 9.26. The Hall–Kier alpha value is -3.33. The first-order valence-corrected chi connectivity index (χ1v) is 10.6. The normalized spacial score (nSPS) is 11.1. The maximum atomic E-state index is 12.8. The summed E-state index contributed by atoms with van der Waals surface area (Å²) in [5.41, 5.74) is 5.76. The Labute approximate surface area is 193 Å². The van der Waals surface area contributed by atoms with Gasteiger partial charge in [0.15, 0.2) is 0 Å². The number of aromatic amines is 1. The van der Waals surface area contributed by atoms with Gasteiger partial charge in [-0.25, -0.2) is 14.7 Å². The minimum atomic E-state index is -5.08. The number of aryl methyl sites for hydroxylation is 2. The fourth-order valence-electron chi connectivity index (χ4n) is 2.68. The van der Waals surface area contributed by atoms with Crippen molar-refractivity contribution in [3.8, 4) is 10.4 Å². The van der Waals surface area contributed by atoms with Gasteiger partial charge in [-0.05, 0) is 25.5 Å². The summed E-state index contributed by atoms with van der Waals surface area (Å²) in [4.78, 5) is 23.0. The number of nitrogens with two attached hydrogens (primary N) is 1. The summed E-state index contributed by atoms with van der Waals surface area (Å²) in [6.07, 6.45) is -2.65. The first-order valence-electron chi connectivity index (χ1n) is 9.75. The van der Waals surface area contributed by atoms with Crippen LogP contribution >= 0.6 is 11.3 Å². The zero-order chi connectivity index (χ0) is 25.5. The SMILES string of the molecule is CCn1cc(-c2ccc(CCn3c(CC(CN)=C(F)F)n[nH]c3=O)s2)cn1.O=C(O)C(F)(F)F. The molecule has 3 aromatic heterocycles. The van der Waals surface area contributed by atoms with Crippen molar-refractivity contribution in [1.82, 2.24) is 24.5 Å². The smallest absolute Gasteiger partial charge is 0.475 e. The van der Waals surface area contributed by atoms with E-state index in [1.54, 1.807) is 11.3 Å². The second kappa shape index (κ2) is 11.7. The average Bonchev–Trinajstić information content (AvgIpc) is 3.50. The van der Waals surface area contributed by atoms with Crippen molar-refractivity contribution in [2.24, 2.45) is 5.73 Å². The van der Waals surface area contributed by atoms with Crippen LogP contribution in [0.15, 0.2) is 41.0 Å². The van der Waals surface area contributed by atoms with Gasteiger partial charge in [0.05, 0.1) is 6.20 Å². The van der Waals surface area contributed by atoms with Crippen molar-refractivity contribution in [2.75, 3.05) is 6.54 Å². The number of hydrogen-bond acceptors (Lipinski definition) is 6.